The molecule has 0 saturated heterocycles. The van der Waals surface area contributed by atoms with Gasteiger partial charge in [0.2, 0.25) is 11.7 Å². The SMILES string of the molecule is COc1cccc(-c2nnn(CC(=O)Nc3ccc(Br)cn3)n2)c1. The molecule has 3 aromatic rings. The number of rotatable bonds is 5. The molecule has 0 fully saturated rings. The van der Waals surface area contributed by atoms with Gasteiger partial charge >= 0.3 is 0 Å². The number of methoxy groups -OCH3 is 1. The van der Waals surface area contributed by atoms with Gasteiger partial charge in [0.05, 0.1) is 7.11 Å². The highest BCUT2D eigenvalue weighted by atomic mass is 79.9. The lowest BCUT2D eigenvalue weighted by molar-refractivity contribution is -0.117. The van der Waals surface area contributed by atoms with Crippen molar-refractivity contribution < 1.29 is 9.53 Å². The van der Waals surface area contributed by atoms with Crippen molar-refractivity contribution in [2.75, 3.05) is 12.4 Å². The molecule has 2 heterocycles. The summed E-state index contributed by atoms with van der Waals surface area (Å²) < 4.78 is 6.00. The second-order valence-corrected chi connectivity index (χ2v) is 5.70. The Bertz CT molecular complexity index is 849. The van der Waals surface area contributed by atoms with Crippen molar-refractivity contribution in [3.63, 3.8) is 0 Å². The third kappa shape index (κ3) is 3.93. The fraction of sp³-hybridized carbons (Fsp3) is 0.133. The Kier molecular flexibility index (Phi) is 4.80. The summed E-state index contributed by atoms with van der Waals surface area (Å²) in [6.07, 6.45) is 1.60. The van der Waals surface area contributed by atoms with Gasteiger partial charge < -0.3 is 10.1 Å². The van der Waals surface area contributed by atoms with E-state index in [9.17, 15) is 4.79 Å². The van der Waals surface area contributed by atoms with E-state index in [1.807, 2.05) is 18.2 Å². The maximum atomic E-state index is 12.0. The first kappa shape index (κ1) is 16.1. The normalized spacial score (nSPS) is 10.4. The number of aromatic nitrogens is 5. The van der Waals surface area contributed by atoms with Gasteiger partial charge in [0.15, 0.2) is 0 Å². The summed E-state index contributed by atoms with van der Waals surface area (Å²) in [4.78, 5) is 17.3. The van der Waals surface area contributed by atoms with Crippen LogP contribution in [0.5, 0.6) is 5.75 Å². The Hall–Kier alpha value is -2.81. The van der Waals surface area contributed by atoms with Gasteiger partial charge in [-0.05, 0) is 45.4 Å². The molecule has 0 aliphatic carbocycles. The summed E-state index contributed by atoms with van der Waals surface area (Å²) in [5.41, 5.74) is 0.760. The van der Waals surface area contributed by atoms with Crippen molar-refractivity contribution in [2.24, 2.45) is 0 Å². The number of carbonyl (C=O) groups is 1. The molecule has 3 rings (SSSR count). The first-order valence-corrected chi connectivity index (χ1v) is 7.77. The number of nitrogens with zero attached hydrogens (tertiary/aromatic N) is 5. The number of ether oxygens (including phenoxy) is 1. The minimum absolute atomic E-state index is 0.0608. The van der Waals surface area contributed by atoms with Crippen LogP contribution in [0.2, 0.25) is 0 Å². The average Bonchev–Trinajstić information content (AvgIpc) is 3.05. The molecule has 0 spiro atoms. The first-order chi connectivity index (χ1) is 11.6. The summed E-state index contributed by atoms with van der Waals surface area (Å²) in [7, 11) is 1.59. The van der Waals surface area contributed by atoms with Crippen LogP contribution in [0, 0.1) is 0 Å². The fourth-order valence-electron chi connectivity index (χ4n) is 1.95. The summed E-state index contributed by atoms with van der Waals surface area (Å²) in [5.74, 6) is 1.28. The van der Waals surface area contributed by atoms with Gasteiger partial charge in [-0.15, -0.1) is 10.2 Å². The zero-order chi connectivity index (χ0) is 16.9. The lowest BCUT2D eigenvalue weighted by atomic mass is 10.2. The maximum absolute atomic E-state index is 12.0. The number of halogens is 1. The fourth-order valence-corrected chi connectivity index (χ4v) is 2.18. The number of pyridine rings is 1. The molecule has 0 radical (unpaired) electrons. The van der Waals surface area contributed by atoms with Crippen LogP contribution < -0.4 is 10.1 Å². The van der Waals surface area contributed by atoms with Gasteiger partial charge in [0.1, 0.15) is 18.1 Å². The molecule has 1 amide bonds. The predicted molar refractivity (Wildman–Crippen MR) is 90.4 cm³/mol. The summed E-state index contributed by atoms with van der Waals surface area (Å²) in [6.45, 7) is -0.0608. The molecule has 0 atom stereocenters. The van der Waals surface area contributed by atoms with Crippen molar-refractivity contribution in [1.29, 1.82) is 0 Å². The Balaban J connectivity index is 1.67. The van der Waals surface area contributed by atoms with Crippen LogP contribution in [0.25, 0.3) is 11.4 Å². The van der Waals surface area contributed by atoms with Crippen molar-refractivity contribution in [3.8, 4) is 17.1 Å². The zero-order valence-electron chi connectivity index (χ0n) is 12.7. The van der Waals surface area contributed by atoms with Crippen molar-refractivity contribution in [2.45, 2.75) is 6.54 Å². The molecule has 0 aliphatic rings. The molecule has 0 aliphatic heterocycles. The molecule has 1 aromatic carbocycles. The van der Waals surface area contributed by atoms with Crippen LogP contribution in [0.15, 0.2) is 47.1 Å². The van der Waals surface area contributed by atoms with E-state index in [2.05, 4.69) is 41.6 Å². The van der Waals surface area contributed by atoms with E-state index in [1.165, 1.54) is 4.80 Å². The van der Waals surface area contributed by atoms with Crippen molar-refractivity contribution in [1.82, 2.24) is 25.2 Å². The lowest BCUT2D eigenvalue weighted by Gasteiger charge is -2.03. The molecular weight excluding hydrogens is 376 g/mol. The van der Waals surface area contributed by atoms with E-state index in [4.69, 9.17) is 4.74 Å². The smallest absolute Gasteiger partial charge is 0.249 e. The third-order valence-electron chi connectivity index (χ3n) is 3.06. The number of amides is 1. The number of nitrogens with one attached hydrogen (secondary N) is 1. The second kappa shape index (κ2) is 7.18. The molecule has 9 heteroatoms. The van der Waals surface area contributed by atoms with E-state index in [0.29, 0.717) is 17.4 Å². The highest BCUT2D eigenvalue weighted by Crippen LogP contribution is 2.19. The topological polar surface area (TPSA) is 94.8 Å². The summed E-state index contributed by atoms with van der Waals surface area (Å²) in [6, 6.07) is 10.8. The maximum Gasteiger partial charge on any atom is 0.249 e. The van der Waals surface area contributed by atoms with E-state index >= 15 is 0 Å². The van der Waals surface area contributed by atoms with Crippen LogP contribution in [0.3, 0.4) is 0 Å². The molecule has 24 heavy (non-hydrogen) atoms. The highest BCUT2D eigenvalue weighted by molar-refractivity contribution is 9.10. The van der Waals surface area contributed by atoms with Gasteiger partial charge in [-0.2, -0.15) is 4.80 Å². The first-order valence-electron chi connectivity index (χ1n) is 6.98. The quantitative estimate of drug-likeness (QED) is 0.719. The molecule has 0 unspecified atom stereocenters. The molecule has 122 valence electrons. The zero-order valence-corrected chi connectivity index (χ0v) is 14.3. The van der Waals surface area contributed by atoms with E-state index in [-0.39, 0.29) is 12.5 Å². The van der Waals surface area contributed by atoms with Crippen molar-refractivity contribution >= 4 is 27.7 Å². The number of hydrogen-bond acceptors (Lipinski definition) is 6. The van der Waals surface area contributed by atoms with Crippen LogP contribution >= 0.6 is 15.9 Å². The molecule has 0 saturated carbocycles. The third-order valence-corrected chi connectivity index (χ3v) is 3.53. The monoisotopic (exact) mass is 388 g/mol. The van der Waals surface area contributed by atoms with Crippen molar-refractivity contribution in [3.05, 3.63) is 47.1 Å². The Morgan fingerprint density at radius 3 is 2.96 bits per heavy atom. The summed E-state index contributed by atoms with van der Waals surface area (Å²) in [5, 5.41) is 14.7. The standard InChI is InChI=1S/C15H13BrN6O2/c1-24-12-4-2-3-10(7-12)15-19-21-22(20-15)9-14(23)18-13-6-5-11(16)8-17-13/h2-8H,9H2,1H3,(H,17,18,23). The molecule has 2 aromatic heterocycles. The van der Waals surface area contributed by atoms with Gasteiger partial charge in [0.25, 0.3) is 0 Å². The molecule has 1 N–H and O–H groups in total. The number of benzene rings is 1. The molecular formula is C15H13BrN6O2. The van der Waals surface area contributed by atoms with Gasteiger partial charge in [-0.1, -0.05) is 12.1 Å². The Morgan fingerprint density at radius 2 is 2.21 bits per heavy atom. The van der Waals surface area contributed by atoms with Gasteiger partial charge in [-0.25, -0.2) is 4.98 Å². The number of carbonyl (C=O) groups excluding carboxylic acids is 1. The van der Waals surface area contributed by atoms with Crippen LogP contribution in [0.1, 0.15) is 0 Å². The predicted octanol–water partition coefficient (Wildman–Crippen LogP) is 2.14. The second-order valence-electron chi connectivity index (χ2n) is 4.79. The largest absolute Gasteiger partial charge is 0.497 e. The molecule has 0 bridgehead atoms. The van der Waals surface area contributed by atoms with Gasteiger partial charge in [-0.3, -0.25) is 4.79 Å². The van der Waals surface area contributed by atoms with Crippen LogP contribution in [-0.2, 0) is 11.3 Å². The van der Waals surface area contributed by atoms with E-state index < -0.39 is 0 Å². The highest BCUT2D eigenvalue weighted by Gasteiger charge is 2.10. The number of hydrogen-bond donors (Lipinski definition) is 1. The minimum atomic E-state index is -0.292. The van der Waals surface area contributed by atoms with E-state index in [0.717, 1.165) is 10.0 Å². The molecule has 8 nitrogen and oxygen atoms in total. The van der Waals surface area contributed by atoms with Crippen LogP contribution in [-0.4, -0.2) is 38.2 Å². The number of anilines is 1. The van der Waals surface area contributed by atoms with Crippen LogP contribution in [0.4, 0.5) is 5.82 Å². The van der Waals surface area contributed by atoms with E-state index in [1.54, 1.807) is 31.5 Å². The number of tetrazole rings is 1. The lowest BCUT2D eigenvalue weighted by Crippen LogP contribution is -2.21. The van der Waals surface area contributed by atoms with Gasteiger partial charge in [0, 0.05) is 16.2 Å². The average molecular weight is 389 g/mol. The minimum Gasteiger partial charge on any atom is -0.497 e. The summed E-state index contributed by atoms with van der Waals surface area (Å²) >= 11 is 3.28. The Labute approximate surface area is 146 Å². The Morgan fingerprint density at radius 1 is 1.33 bits per heavy atom.